The lowest BCUT2D eigenvalue weighted by atomic mass is 9.92. The number of benzene rings is 2. The van der Waals surface area contributed by atoms with Crippen molar-refractivity contribution in [3.63, 3.8) is 0 Å². The van der Waals surface area contributed by atoms with Crippen molar-refractivity contribution in [3.8, 4) is 33.8 Å². The van der Waals surface area contributed by atoms with Crippen molar-refractivity contribution in [1.82, 2.24) is 19.9 Å². The van der Waals surface area contributed by atoms with E-state index >= 15 is 0 Å². The summed E-state index contributed by atoms with van der Waals surface area (Å²) in [5.74, 6) is 1.51. The Balaban J connectivity index is 2.11. The largest absolute Gasteiger partial charge is 0.497 e. The summed E-state index contributed by atoms with van der Waals surface area (Å²) in [6.07, 6.45) is 10.1. The van der Waals surface area contributed by atoms with Gasteiger partial charge >= 0.3 is 0 Å². The van der Waals surface area contributed by atoms with Crippen LogP contribution in [0.1, 0.15) is 0 Å². The maximum absolute atomic E-state index is 5.70. The normalized spacial score (nSPS) is 10.7. The van der Waals surface area contributed by atoms with E-state index in [-0.39, 0.29) is 0 Å². The van der Waals surface area contributed by atoms with E-state index in [0.717, 1.165) is 44.5 Å². The summed E-state index contributed by atoms with van der Waals surface area (Å²) < 4.78 is 11.1. The Bertz CT molecular complexity index is 1050. The maximum Gasteiger partial charge on any atom is 0.128 e. The molecule has 0 aliphatic heterocycles. The van der Waals surface area contributed by atoms with E-state index in [1.54, 1.807) is 39.0 Å². The molecule has 4 rings (SSSR count). The van der Waals surface area contributed by atoms with Crippen molar-refractivity contribution in [2.75, 3.05) is 14.2 Å². The highest BCUT2D eigenvalue weighted by Crippen LogP contribution is 2.42. The molecule has 0 amide bonds. The minimum absolute atomic E-state index is 0.733. The molecule has 0 aliphatic carbocycles. The number of ether oxygens (including phenoxy) is 2. The summed E-state index contributed by atoms with van der Waals surface area (Å²) in [4.78, 5) is 16.6. The number of hydrogen-bond acceptors (Lipinski definition) is 6. The molecule has 128 valence electrons. The van der Waals surface area contributed by atoms with Crippen molar-refractivity contribution >= 4 is 10.8 Å². The lowest BCUT2D eigenvalue weighted by Gasteiger charge is -2.16. The molecule has 0 saturated heterocycles. The van der Waals surface area contributed by atoms with Gasteiger partial charge in [0, 0.05) is 41.5 Å². The Hall–Kier alpha value is -3.54. The average Bonchev–Trinajstić information content (AvgIpc) is 2.73. The van der Waals surface area contributed by atoms with Crippen LogP contribution in [0.2, 0.25) is 0 Å². The molecule has 26 heavy (non-hydrogen) atoms. The molecule has 0 radical (unpaired) electrons. The van der Waals surface area contributed by atoms with Crippen molar-refractivity contribution in [1.29, 1.82) is 0 Å². The first-order valence-corrected chi connectivity index (χ1v) is 8.01. The molecular formula is C20H16N4O2. The van der Waals surface area contributed by atoms with Crippen molar-refractivity contribution in [2.45, 2.75) is 0 Å². The summed E-state index contributed by atoms with van der Waals surface area (Å²) in [5, 5.41) is 2.03. The number of hydrogen-bond donors (Lipinski definition) is 0. The second kappa shape index (κ2) is 6.76. The summed E-state index contributed by atoms with van der Waals surface area (Å²) in [7, 11) is 3.31. The molecule has 0 N–H and O–H groups in total. The topological polar surface area (TPSA) is 70.0 Å². The van der Waals surface area contributed by atoms with Crippen LogP contribution in [0, 0.1) is 0 Å². The van der Waals surface area contributed by atoms with Gasteiger partial charge in [-0.2, -0.15) is 0 Å². The smallest absolute Gasteiger partial charge is 0.128 e. The van der Waals surface area contributed by atoms with Gasteiger partial charge in [0.2, 0.25) is 0 Å². The van der Waals surface area contributed by atoms with Gasteiger partial charge in [0.25, 0.3) is 0 Å². The van der Waals surface area contributed by atoms with Crippen molar-refractivity contribution < 1.29 is 9.47 Å². The molecule has 0 fully saturated rings. The predicted molar refractivity (Wildman–Crippen MR) is 99.1 cm³/mol. The van der Waals surface area contributed by atoms with Gasteiger partial charge in [-0.25, -0.2) is 19.9 Å². The van der Waals surface area contributed by atoms with Gasteiger partial charge < -0.3 is 9.47 Å². The van der Waals surface area contributed by atoms with E-state index in [1.165, 1.54) is 12.7 Å². The predicted octanol–water partition coefficient (Wildman–Crippen LogP) is 3.77. The van der Waals surface area contributed by atoms with E-state index in [1.807, 2.05) is 24.3 Å². The molecule has 2 aromatic carbocycles. The Kier molecular flexibility index (Phi) is 4.15. The molecule has 0 unspecified atom stereocenters. The molecule has 0 spiro atoms. The molecule has 0 saturated carbocycles. The quantitative estimate of drug-likeness (QED) is 0.561. The van der Waals surface area contributed by atoms with Crippen LogP contribution in [0.3, 0.4) is 0 Å². The minimum Gasteiger partial charge on any atom is -0.497 e. The second-order valence-electron chi connectivity index (χ2n) is 5.67. The van der Waals surface area contributed by atoms with Gasteiger partial charge in [0.15, 0.2) is 0 Å². The van der Waals surface area contributed by atoms with Crippen LogP contribution in [0.15, 0.2) is 61.7 Å². The SMILES string of the molecule is COc1ccc2c(-c3cncnc3)c(OC)cc(-c3cncnc3)c2c1. The van der Waals surface area contributed by atoms with E-state index in [2.05, 4.69) is 19.9 Å². The Labute approximate surface area is 150 Å². The lowest BCUT2D eigenvalue weighted by molar-refractivity contribution is 0.415. The zero-order valence-electron chi connectivity index (χ0n) is 14.4. The van der Waals surface area contributed by atoms with Crippen LogP contribution in [-0.2, 0) is 0 Å². The minimum atomic E-state index is 0.733. The molecule has 2 heterocycles. The van der Waals surface area contributed by atoms with Crippen LogP contribution < -0.4 is 9.47 Å². The number of rotatable bonds is 4. The zero-order valence-corrected chi connectivity index (χ0v) is 14.4. The third-order valence-corrected chi connectivity index (χ3v) is 4.25. The summed E-state index contributed by atoms with van der Waals surface area (Å²) >= 11 is 0. The number of nitrogens with zero attached hydrogens (tertiary/aromatic N) is 4. The lowest BCUT2D eigenvalue weighted by Crippen LogP contribution is -1.95. The van der Waals surface area contributed by atoms with E-state index in [9.17, 15) is 0 Å². The first kappa shape index (κ1) is 16.0. The molecule has 4 aromatic rings. The first-order chi connectivity index (χ1) is 12.8. The van der Waals surface area contributed by atoms with Gasteiger partial charge in [-0.1, -0.05) is 0 Å². The summed E-state index contributed by atoms with van der Waals surface area (Å²) in [6, 6.07) is 7.94. The van der Waals surface area contributed by atoms with Crippen molar-refractivity contribution in [3.05, 3.63) is 61.7 Å². The first-order valence-electron chi connectivity index (χ1n) is 8.01. The number of fused-ring (bicyclic) bond motifs is 1. The molecular weight excluding hydrogens is 328 g/mol. The van der Waals surface area contributed by atoms with E-state index in [4.69, 9.17) is 9.47 Å². The van der Waals surface area contributed by atoms with Gasteiger partial charge in [-0.15, -0.1) is 0 Å². The molecule has 2 aromatic heterocycles. The fraction of sp³-hybridized carbons (Fsp3) is 0.100. The second-order valence-corrected chi connectivity index (χ2v) is 5.67. The Morgan fingerprint density at radius 3 is 1.96 bits per heavy atom. The highest BCUT2D eigenvalue weighted by atomic mass is 16.5. The van der Waals surface area contributed by atoms with Crippen LogP contribution in [0.5, 0.6) is 11.5 Å². The molecule has 0 atom stereocenters. The molecule has 0 aliphatic rings. The standard InChI is InChI=1S/C20H16N4O2/c1-25-15-3-4-16-18(5-15)17(13-7-21-11-22-8-13)6-19(26-2)20(16)14-9-23-12-24-10-14/h3-12H,1-2H3. The third-order valence-electron chi connectivity index (χ3n) is 4.25. The number of aromatic nitrogens is 4. The molecule has 6 heteroatoms. The maximum atomic E-state index is 5.70. The van der Waals surface area contributed by atoms with Gasteiger partial charge in [0.1, 0.15) is 24.2 Å². The van der Waals surface area contributed by atoms with Gasteiger partial charge in [-0.05, 0) is 40.6 Å². The summed E-state index contributed by atoms with van der Waals surface area (Å²) in [6.45, 7) is 0. The Morgan fingerprint density at radius 2 is 1.35 bits per heavy atom. The van der Waals surface area contributed by atoms with Crippen molar-refractivity contribution in [2.24, 2.45) is 0 Å². The van der Waals surface area contributed by atoms with Crippen LogP contribution in [0.25, 0.3) is 33.0 Å². The summed E-state index contributed by atoms with van der Waals surface area (Å²) in [5.41, 5.74) is 3.69. The van der Waals surface area contributed by atoms with Gasteiger partial charge in [-0.3, -0.25) is 0 Å². The highest BCUT2D eigenvalue weighted by molar-refractivity contribution is 6.07. The third kappa shape index (κ3) is 2.71. The van der Waals surface area contributed by atoms with Crippen LogP contribution in [0.4, 0.5) is 0 Å². The van der Waals surface area contributed by atoms with Gasteiger partial charge in [0.05, 0.1) is 14.2 Å². The van der Waals surface area contributed by atoms with Crippen LogP contribution >= 0.6 is 0 Å². The molecule has 6 nitrogen and oxygen atoms in total. The van der Waals surface area contributed by atoms with Crippen LogP contribution in [-0.4, -0.2) is 34.2 Å². The molecule has 0 bridgehead atoms. The van der Waals surface area contributed by atoms with E-state index < -0.39 is 0 Å². The monoisotopic (exact) mass is 344 g/mol. The Morgan fingerprint density at radius 1 is 0.692 bits per heavy atom. The fourth-order valence-electron chi connectivity index (χ4n) is 3.07. The highest BCUT2D eigenvalue weighted by Gasteiger charge is 2.17. The number of methoxy groups -OCH3 is 2. The fourth-order valence-corrected chi connectivity index (χ4v) is 3.07. The average molecular weight is 344 g/mol. The van der Waals surface area contributed by atoms with E-state index in [0.29, 0.717) is 0 Å². The zero-order chi connectivity index (χ0) is 17.9.